The van der Waals surface area contributed by atoms with Gasteiger partial charge in [-0.2, -0.15) is 0 Å². The summed E-state index contributed by atoms with van der Waals surface area (Å²) in [7, 11) is 1.68. The predicted octanol–water partition coefficient (Wildman–Crippen LogP) is 0.683. The summed E-state index contributed by atoms with van der Waals surface area (Å²) in [5.41, 5.74) is 0.629. The molecule has 0 saturated carbocycles. The molecule has 2 aromatic rings. The van der Waals surface area contributed by atoms with Crippen molar-refractivity contribution in [2.24, 2.45) is 7.05 Å². The summed E-state index contributed by atoms with van der Waals surface area (Å²) in [4.78, 5) is 18.2. The van der Waals surface area contributed by atoms with Gasteiger partial charge in [-0.25, -0.2) is 4.98 Å². The normalized spacial score (nSPS) is 9.75. The molecule has 4 nitrogen and oxygen atoms in total. The average molecular weight is 186 g/mol. The number of aromatic amines is 1. The van der Waals surface area contributed by atoms with Gasteiger partial charge in [0.15, 0.2) is 0 Å². The molecular formula is C7H8ClN3O. The van der Waals surface area contributed by atoms with Crippen molar-refractivity contribution in [1.82, 2.24) is 14.5 Å². The Labute approximate surface area is 74.7 Å². The number of rotatable bonds is 0. The number of nitrogens with one attached hydrogen (secondary N) is 1. The molecule has 0 aliphatic carbocycles. The number of halogens is 1. The molecule has 0 aromatic carbocycles. The second-order valence-corrected chi connectivity index (χ2v) is 2.40. The second-order valence-electron chi connectivity index (χ2n) is 2.40. The fourth-order valence-corrected chi connectivity index (χ4v) is 1.03. The van der Waals surface area contributed by atoms with E-state index in [1.807, 2.05) is 0 Å². The zero-order chi connectivity index (χ0) is 7.84. The Morgan fingerprint density at radius 1 is 1.58 bits per heavy atom. The largest absolute Gasteiger partial charge is 0.346 e. The molecule has 0 unspecified atom stereocenters. The van der Waals surface area contributed by atoms with Crippen molar-refractivity contribution >= 4 is 23.4 Å². The van der Waals surface area contributed by atoms with Gasteiger partial charge >= 0.3 is 0 Å². The molecule has 0 spiro atoms. The summed E-state index contributed by atoms with van der Waals surface area (Å²) >= 11 is 0. The van der Waals surface area contributed by atoms with Gasteiger partial charge in [-0.3, -0.25) is 4.79 Å². The standard InChI is InChI=1S/C7H7N3O.ClH/c1-10-4-9-6-5(7(10)11)2-3-8-6;/h2-4,8H,1H3;1H. The highest BCUT2D eigenvalue weighted by atomic mass is 35.5. The first-order valence-corrected chi connectivity index (χ1v) is 3.28. The number of nitrogens with zero attached hydrogens (tertiary/aromatic N) is 2. The summed E-state index contributed by atoms with van der Waals surface area (Å²) < 4.78 is 1.45. The van der Waals surface area contributed by atoms with Crippen molar-refractivity contribution < 1.29 is 0 Å². The van der Waals surface area contributed by atoms with Crippen LogP contribution in [0, 0.1) is 0 Å². The number of aryl methyl sites for hydroxylation is 1. The van der Waals surface area contributed by atoms with Crippen LogP contribution in [0.15, 0.2) is 23.4 Å². The van der Waals surface area contributed by atoms with Crippen LogP contribution in [-0.4, -0.2) is 14.5 Å². The van der Waals surface area contributed by atoms with Gasteiger partial charge in [-0.15, -0.1) is 12.4 Å². The van der Waals surface area contributed by atoms with E-state index in [1.54, 1.807) is 19.3 Å². The van der Waals surface area contributed by atoms with Gasteiger partial charge < -0.3 is 9.55 Å². The third-order valence-electron chi connectivity index (χ3n) is 1.64. The van der Waals surface area contributed by atoms with Gasteiger partial charge in [0.1, 0.15) is 5.65 Å². The summed E-state index contributed by atoms with van der Waals surface area (Å²) in [5, 5.41) is 0.634. The van der Waals surface area contributed by atoms with E-state index in [4.69, 9.17) is 0 Å². The Morgan fingerprint density at radius 2 is 2.33 bits per heavy atom. The molecule has 0 fully saturated rings. The zero-order valence-corrected chi connectivity index (χ0v) is 7.26. The van der Waals surface area contributed by atoms with E-state index in [-0.39, 0.29) is 18.0 Å². The van der Waals surface area contributed by atoms with Crippen LogP contribution in [0.25, 0.3) is 11.0 Å². The topological polar surface area (TPSA) is 50.7 Å². The molecule has 64 valence electrons. The lowest BCUT2D eigenvalue weighted by Gasteiger charge is -1.93. The van der Waals surface area contributed by atoms with E-state index in [2.05, 4.69) is 9.97 Å². The second kappa shape index (κ2) is 2.98. The van der Waals surface area contributed by atoms with E-state index >= 15 is 0 Å². The van der Waals surface area contributed by atoms with Crippen molar-refractivity contribution in [2.75, 3.05) is 0 Å². The molecule has 2 heterocycles. The molecule has 2 aromatic heterocycles. The average Bonchev–Trinajstić information content (AvgIpc) is 2.45. The minimum Gasteiger partial charge on any atom is -0.346 e. The van der Waals surface area contributed by atoms with Crippen LogP contribution in [0.5, 0.6) is 0 Å². The lowest BCUT2D eigenvalue weighted by molar-refractivity contribution is 0.842. The Hall–Kier alpha value is -1.29. The molecule has 5 heteroatoms. The van der Waals surface area contributed by atoms with Crippen LogP contribution in [0.3, 0.4) is 0 Å². The highest BCUT2D eigenvalue weighted by Crippen LogP contribution is 2.00. The molecule has 0 aliphatic rings. The monoisotopic (exact) mass is 185 g/mol. The van der Waals surface area contributed by atoms with Crippen LogP contribution in [0.4, 0.5) is 0 Å². The van der Waals surface area contributed by atoms with Crippen LogP contribution in [-0.2, 0) is 7.05 Å². The third-order valence-corrected chi connectivity index (χ3v) is 1.64. The number of hydrogen-bond donors (Lipinski definition) is 1. The molecular weight excluding hydrogens is 178 g/mol. The van der Waals surface area contributed by atoms with Crippen molar-refractivity contribution in [3.8, 4) is 0 Å². The molecule has 1 N–H and O–H groups in total. The lowest BCUT2D eigenvalue weighted by atomic mass is 10.4. The highest BCUT2D eigenvalue weighted by Gasteiger charge is 1.99. The van der Waals surface area contributed by atoms with Crippen molar-refractivity contribution in [3.05, 3.63) is 28.9 Å². The number of hydrogen-bond acceptors (Lipinski definition) is 2. The lowest BCUT2D eigenvalue weighted by Crippen LogP contribution is -2.15. The smallest absolute Gasteiger partial charge is 0.262 e. The summed E-state index contributed by atoms with van der Waals surface area (Å²) in [6.45, 7) is 0. The van der Waals surface area contributed by atoms with Crippen LogP contribution < -0.4 is 5.56 Å². The summed E-state index contributed by atoms with van der Waals surface area (Å²) in [6.07, 6.45) is 3.21. The molecule has 0 aliphatic heterocycles. The van der Waals surface area contributed by atoms with E-state index in [1.165, 1.54) is 10.9 Å². The maximum atomic E-state index is 11.3. The number of aromatic nitrogens is 3. The molecule has 0 amide bonds. The zero-order valence-electron chi connectivity index (χ0n) is 6.44. The van der Waals surface area contributed by atoms with Crippen LogP contribution in [0.1, 0.15) is 0 Å². The first kappa shape index (κ1) is 8.80. The van der Waals surface area contributed by atoms with E-state index in [9.17, 15) is 4.79 Å². The first-order valence-electron chi connectivity index (χ1n) is 3.28. The maximum absolute atomic E-state index is 11.3. The minimum absolute atomic E-state index is 0. The third kappa shape index (κ3) is 1.10. The molecule has 0 bridgehead atoms. The van der Waals surface area contributed by atoms with Crippen LogP contribution >= 0.6 is 12.4 Å². The fourth-order valence-electron chi connectivity index (χ4n) is 1.03. The van der Waals surface area contributed by atoms with Gasteiger partial charge in [0, 0.05) is 13.2 Å². The molecule has 0 atom stereocenters. The van der Waals surface area contributed by atoms with Crippen molar-refractivity contribution in [2.45, 2.75) is 0 Å². The first-order chi connectivity index (χ1) is 5.29. The van der Waals surface area contributed by atoms with Gasteiger partial charge in [0.2, 0.25) is 0 Å². The molecule has 0 saturated heterocycles. The molecule has 2 rings (SSSR count). The highest BCUT2D eigenvalue weighted by molar-refractivity contribution is 5.85. The Morgan fingerprint density at radius 3 is 3.08 bits per heavy atom. The fraction of sp³-hybridized carbons (Fsp3) is 0.143. The summed E-state index contributed by atoms with van der Waals surface area (Å²) in [6, 6.07) is 1.73. The Kier molecular flexibility index (Phi) is 2.19. The van der Waals surface area contributed by atoms with Gasteiger partial charge in [-0.1, -0.05) is 0 Å². The van der Waals surface area contributed by atoms with Gasteiger partial charge in [-0.05, 0) is 6.07 Å². The number of H-pyrrole nitrogens is 1. The maximum Gasteiger partial charge on any atom is 0.262 e. The quantitative estimate of drug-likeness (QED) is 0.657. The molecule has 0 radical (unpaired) electrons. The Balaban J connectivity index is 0.000000720. The summed E-state index contributed by atoms with van der Waals surface area (Å²) in [5.74, 6) is 0. The van der Waals surface area contributed by atoms with E-state index in [0.29, 0.717) is 11.0 Å². The number of fused-ring (bicyclic) bond motifs is 1. The van der Waals surface area contributed by atoms with E-state index < -0.39 is 0 Å². The Bertz CT molecular complexity index is 445. The minimum atomic E-state index is -0.0174. The van der Waals surface area contributed by atoms with Crippen molar-refractivity contribution in [3.63, 3.8) is 0 Å². The van der Waals surface area contributed by atoms with Crippen molar-refractivity contribution in [1.29, 1.82) is 0 Å². The SMILES string of the molecule is Cl.Cn1cnc2[nH]ccc2c1=O. The predicted molar refractivity (Wildman–Crippen MR) is 48.6 cm³/mol. The van der Waals surface area contributed by atoms with Gasteiger partial charge in [0.05, 0.1) is 11.7 Å². The van der Waals surface area contributed by atoms with Crippen LogP contribution in [0.2, 0.25) is 0 Å². The van der Waals surface area contributed by atoms with E-state index in [0.717, 1.165) is 0 Å². The van der Waals surface area contributed by atoms with Gasteiger partial charge in [0.25, 0.3) is 5.56 Å². The molecule has 12 heavy (non-hydrogen) atoms.